The van der Waals surface area contributed by atoms with Crippen LogP contribution in [0.3, 0.4) is 0 Å². The first kappa shape index (κ1) is 15.7. The second-order valence-corrected chi connectivity index (χ2v) is 7.17. The van der Waals surface area contributed by atoms with Crippen molar-refractivity contribution in [3.8, 4) is 0 Å². The van der Waals surface area contributed by atoms with Gasteiger partial charge in [-0.1, -0.05) is 0 Å². The molecule has 1 unspecified atom stereocenters. The standard InChI is InChI=1S/C12H17N3O5S/c1-12(16)5-6-14(8-12)10-4-3-9(21(19,20)13-2)7-11(10)15(17)18/h3-4,7,13,16H,5-6,8H2,1-2H3. The largest absolute Gasteiger partial charge is 0.388 e. The number of β-amino-alcohol motifs (C(OH)–C–C–N with tert-alkyl or cyclic N) is 1. The van der Waals surface area contributed by atoms with Crippen LogP contribution in [0, 0.1) is 10.1 Å². The third-order valence-corrected chi connectivity index (χ3v) is 4.93. The number of nitrogens with one attached hydrogen (secondary N) is 1. The van der Waals surface area contributed by atoms with E-state index in [1.807, 2.05) is 0 Å². The van der Waals surface area contributed by atoms with E-state index in [1.54, 1.807) is 11.8 Å². The Morgan fingerprint density at radius 2 is 2.14 bits per heavy atom. The third-order valence-electron chi connectivity index (χ3n) is 3.52. The minimum absolute atomic E-state index is 0.161. The molecule has 1 heterocycles. The lowest BCUT2D eigenvalue weighted by Gasteiger charge is -2.21. The van der Waals surface area contributed by atoms with Crippen LogP contribution in [0.1, 0.15) is 13.3 Å². The van der Waals surface area contributed by atoms with Crippen LogP contribution in [0.4, 0.5) is 11.4 Å². The highest BCUT2D eigenvalue weighted by Gasteiger charge is 2.34. The Morgan fingerprint density at radius 1 is 1.48 bits per heavy atom. The summed E-state index contributed by atoms with van der Waals surface area (Å²) in [5.41, 5.74) is -0.874. The number of anilines is 1. The van der Waals surface area contributed by atoms with Crippen molar-refractivity contribution in [2.75, 3.05) is 25.0 Å². The van der Waals surface area contributed by atoms with Crippen molar-refractivity contribution in [3.63, 3.8) is 0 Å². The predicted molar refractivity (Wildman–Crippen MR) is 76.8 cm³/mol. The fourth-order valence-electron chi connectivity index (χ4n) is 2.35. The van der Waals surface area contributed by atoms with E-state index in [0.717, 1.165) is 6.07 Å². The zero-order chi connectivity index (χ0) is 15.8. The van der Waals surface area contributed by atoms with E-state index < -0.39 is 20.5 Å². The lowest BCUT2D eigenvalue weighted by molar-refractivity contribution is -0.384. The van der Waals surface area contributed by atoms with E-state index in [2.05, 4.69) is 4.72 Å². The molecule has 0 aliphatic carbocycles. The molecule has 1 aliphatic rings. The summed E-state index contributed by atoms with van der Waals surface area (Å²) in [5.74, 6) is 0. The Hall–Kier alpha value is -1.71. The van der Waals surface area contributed by atoms with E-state index in [9.17, 15) is 23.6 Å². The highest BCUT2D eigenvalue weighted by molar-refractivity contribution is 7.89. The van der Waals surface area contributed by atoms with Gasteiger partial charge in [0.25, 0.3) is 5.69 Å². The maximum atomic E-state index is 11.7. The number of nitro groups is 1. The van der Waals surface area contributed by atoms with Gasteiger partial charge in [0.05, 0.1) is 15.4 Å². The molecule has 1 aromatic carbocycles. The van der Waals surface area contributed by atoms with E-state index in [0.29, 0.717) is 18.7 Å². The second-order valence-electron chi connectivity index (χ2n) is 5.28. The Kier molecular flexibility index (Phi) is 3.91. The smallest absolute Gasteiger partial charge is 0.293 e. The van der Waals surface area contributed by atoms with Crippen LogP contribution >= 0.6 is 0 Å². The number of benzene rings is 1. The summed E-state index contributed by atoms with van der Waals surface area (Å²) in [6.45, 7) is 2.41. The summed E-state index contributed by atoms with van der Waals surface area (Å²) in [6.07, 6.45) is 0.501. The summed E-state index contributed by atoms with van der Waals surface area (Å²) in [7, 11) is -2.50. The van der Waals surface area contributed by atoms with Crippen LogP contribution in [-0.4, -0.2) is 44.2 Å². The van der Waals surface area contributed by atoms with Crippen LogP contribution in [0.25, 0.3) is 0 Å². The fourth-order valence-corrected chi connectivity index (χ4v) is 3.10. The van der Waals surface area contributed by atoms with Gasteiger partial charge in [0.2, 0.25) is 10.0 Å². The van der Waals surface area contributed by atoms with Gasteiger partial charge in [-0.3, -0.25) is 10.1 Å². The van der Waals surface area contributed by atoms with Gasteiger partial charge in [-0.05, 0) is 32.5 Å². The molecular weight excluding hydrogens is 298 g/mol. The molecule has 0 bridgehead atoms. The monoisotopic (exact) mass is 315 g/mol. The number of hydrogen-bond donors (Lipinski definition) is 2. The first-order valence-electron chi connectivity index (χ1n) is 6.36. The van der Waals surface area contributed by atoms with E-state index in [-0.39, 0.29) is 17.1 Å². The number of sulfonamides is 1. The number of hydrogen-bond acceptors (Lipinski definition) is 6. The minimum atomic E-state index is -3.74. The number of nitro benzene ring substituents is 1. The lowest BCUT2D eigenvalue weighted by atomic mass is 10.1. The average molecular weight is 315 g/mol. The molecule has 116 valence electrons. The predicted octanol–water partition coefficient (Wildman–Crippen LogP) is 0.464. The normalized spacial score (nSPS) is 22.5. The van der Waals surface area contributed by atoms with E-state index >= 15 is 0 Å². The van der Waals surface area contributed by atoms with Crippen molar-refractivity contribution in [3.05, 3.63) is 28.3 Å². The summed E-state index contributed by atoms with van der Waals surface area (Å²) < 4.78 is 25.6. The molecule has 1 fully saturated rings. The van der Waals surface area contributed by atoms with Crippen molar-refractivity contribution in [2.45, 2.75) is 23.8 Å². The van der Waals surface area contributed by atoms with Crippen LogP contribution in [0.2, 0.25) is 0 Å². The van der Waals surface area contributed by atoms with E-state index in [4.69, 9.17) is 0 Å². The van der Waals surface area contributed by atoms with Crippen LogP contribution < -0.4 is 9.62 Å². The van der Waals surface area contributed by atoms with Crippen molar-refractivity contribution < 1.29 is 18.4 Å². The van der Waals surface area contributed by atoms with Gasteiger partial charge in [0.15, 0.2) is 0 Å². The molecule has 1 aliphatic heterocycles. The Bertz CT molecular complexity index is 671. The maximum Gasteiger partial charge on any atom is 0.293 e. The molecule has 1 atom stereocenters. The number of aliphatic hydroxyl groups is 1. The van der Waals surface area contributed by atoms with Gasteiger partial charge in [-0.15, -0.1) is 0 Å². The molecule has 0 aromatic heterocycles. The Labute approximate surface area is 122 Å². The molecule has 0 spiro atoms. The summed E-state index contributed by atoms with van der Waals surface area (Å²) in [4.78, 5) is 12.1. The molecule has 0 amide bonds. The molecule has 1 saturated heterocycles. The third kappa shape index (κ3) is 3.14. The van der Waals surface area contributed by atoms with Crippen LogP contribution in [0.15, 0.2) is 23.1 Å². The Balaban J connectivity index is 2.47. The summed E-state index contributed by atoms with van der Waals surface area (Å²) >= 11 is 0. The molecule has 8 nitrogen and oxygen atoms in total. The number of nitrogens with zero attached hydrogens (tertiary/aromatic N) is 2. The van der Waals surface area contributed by atoms with Gasteiger partial charge in [-0.25, -0.2) is 13.1 Å². The van der Waals surface area contributed by atoms with Gasteiger partial charge >= 0.3 is 0 Å². The fraction of sp³-hybridized carbons (Fsp3) is 0.500. The highest BCUT2D eigenvalue weighted by Crippen LogP contribution is 2.34. The lowest BCUT2D eigenvalue weighted by Crippen LogP contribution is -2.30. The van der Waals surface area contributed by atoms with Gasteiger partial charge in [-0.2, -0.15) is 0 Å². The molecule has 9 heteroatoms. The first-order valence-corrected chi connectivity index (χ1v) is 7.84. The zero-order valence-corrected chi connectivity index (χ0v) is 12.6. The number of rotatable bonds is 4. The molecule has 1 aromatic rings. The quantitative estimate of drug-likeness (QED) is 0.616. The zero-order valence-electron chi connectivity index (χ0n) is 11.7. The van der Waals surface area contributed by atoms with Crippen molar-refractivity contribution in [2.24, 2.45) is 0 Å². The molecule has 21 heavy (non-hydrogen) atoms. The molecule has 0 saturated carbocycles. The summed E-state index contributed by atoms with van der Waals surface area (Å²) in [5, 5.41) is 21.2. The van der Waals surface area contributed by atoms with Gasteiger partial charge in [0.1, 0.15) is 5.69 Å². The topological polar surface area (TPSA) is 113 Å². The average Bonchev–Trinajstić information content (AvgIpc) is 2.78. The van der Waals surface area contributed by atoms with Crippen LogP contribution in [-0.2, 0) is 10.0 Å². The van der Waals surface area contributed by atoms with E-state index in [1.165, 1.54) is 19.2 Å². The SMILES string of the molecule is CNS(=O)(=O)c1ccc(N2CCC(C)(O)C2)c([N+](=O)[O-])c1. The van der Waals surface area contributed by atoms with Gasteiger partial charge < -0.3 is 10.0 Å². The minimum Gasteiger partial charge on any atom is -0.388 e. The van der Waals surface area contributed by atoms with Crippen molar-refractivity contribution in [1.82, 2.24) is 4.72 Å². The van der Waals surface area contributed by atoms with Crippen molar-refractivity contribution >= 4 is 21.4 Å². The molecule has 2 rings (SSSR count). The first-order chi connectivity index (χ1) is 9.66. The molecular formula is C12H17N3O5S. The van der Waals surface area contributed by atoms with Crippen molar-refractivity contribution in [1.29, 1.82) is 0 Å². The molecule has 0 radical (unpaired) electrons. The van der Waals surface area contributed by atoms with Crippen LogP contribution in [0.5, 0.6) is 0 Å². The molecule has 2 N–H and O–H groups in total. The second kappa shape index (κ2) is 5.24. The van der Waals surface area contributed by atoms with Gasteiger partial charge in [0, 0.05) is 19.2 Å². The Morgan fingerprint density at radius 3 is 2.62 bits per heavy atom. The highest BCUT2D eigenvalue weighted by atomic mass is 32.2. The summed E-state index contributed by atoms with van der Waals surface area (Å²) in [6, 6.07) is 3.76. The maximum absolute atomic E-state index is 11.7.